The Bertz CT molecular complexity index is 1050. The van der Waals surface area contributed by atoms with Crippen LogP contribution in [0.1, 0.15) is 23.1 Å². The molecule has 4 aromatic rings. The van der Waals surface area contributed by atoms with Gasteiger partial charge in [-0.3, -0.25) is 9.25 Å². The van der Waals surface area contributed by atoms with Crippen LogP contribution in [0.25, 0.3) is 16.7 Å². The summed E-state index contributed by atoms with van der Waals surface area (Å²) in [4.78, 5) is 8.77. The summed E-state index contributed by atoms with van der Waals surface area (Å²) >= 11 is 0. The lowest BCUT2D eigenvalue weighted by molar-refractivity contribution is 0.125. The molecule has 0 amide bonds. The first-order valence-corrected chi connectivity index (χ1v) is 8.25. The molecule has 7 heteroatoms. The van der Waals surface area contributed by atoms with E-state index in [1.165, 1.54) is 6.33 Å². The van der Waals surface area contributed by atoms with Crippen molar-refractivity contribution < 1.29 is 9.84 Å². The van der Waals surface area contributed by atoms with Crippen molar-refractivity contribution in [2.24, 2.45) is 7.05 Å². The lowest BCUT2D eigenvalue weighted by atomic mass is 10.1. The molecular weight excluding hydrogens is 330 g/mol. The van der Waals surface area contributed by atoms with Crippen LogP contribution in [0.4, 0.5) is 0 Å². The van der Waals surface area contributed by atoms with Crippen molar-refractivity contribution >= 4 is 11.0 Å². The Morgan fingerprint density at radius 1 is 1.15 bits per heavy atom. The van der Waals surface area contributed by atoms with Crippen LogP contribution < -0.4 is 0 Å². The Labute approximate surface area is 150 Å². The number of aliphatic hydroxyl groups is 1. The van der Waals surface area contributed by atoms with E-state index in [2.05, 4.69) is 21.1 Å². The molecule has 0 saturated heterocycles. The van der Waals surface area contributed by atoms with Gasteiger partial charge in [-0.25, -0.2) is 9.97 Å². The average molecular weight is 349 g/mol. The molecule has 0 spiro atoms. The summed E-state index contributed by atoms with van der Waals surface area (Å²) in [6.45, 7) is 0.00546. The number of benzene rings is 2. The second kappa shape index (κ2) is 6.70. The van der Waals surface area contributed by atoms with Gasteiger partial charge in [0.25, 0.3) is 0 Å². The Morgan fingerprint density at radius 3 is 2.77 bits per heavy atom. The van der Waals surface area contributed by atoms with E-state index in [4.69, 9.17) is 4.74 Å². The van der Waals surface area contributed by atoms with E-state index in [1.807, 2.05) is 48.0 Å². The molecule has 0 bridgehead atoms. The zero-order valence-electron chi connectivity index (χ0n) is 14.6. The summed E-state index contributed by atoms with van der Waals surface area (Å²) < 4.78 is 9.41. The van der Waals surface area contributed by atoms with E-state index < -0.39 is 0 Å². The van der Waals surface area contributed by atoms with Crippen molar-refractivity contribution in [2.75, 3.05) is 7.11 Å². The van der Waals surface area contributed by atoms with Crippen molar-refractivity contribution in [3.05, 3.63) is 72.1 Å². The van der Waals surface area contributed by atoms with E-state index in [0.717, 1.165) is 33.7 Å². The van der Waals surface area contributed by atoms with Gasteiger partial charge in [0.1, 0.15) is 18.8 Å². The van der Waals surface area contributed by atoms with Crippen LogP contribution in [0.2, 0.25) is 0 Å². The van der Waals surface area contributed by atoms with Crippen LogP contribution in [0.5, 0.6) is 0 Å². The number of hydrogen-bond donors (Lipinski definition) is 1. The first-order chi connectivity index (χ1) is 12.7. The molecule has 26 heavy (non-hydrogen) atoms. The first kappa shape index (κ1) is 16.4. The van der Waals surface area contributed by atoms with Crippen LogP contribution >= 0.6 is 0 Å². The number of ether oxygens (including phenoxy) is 1. The van der Waals surface area contributed by atoms with Gasteiger partial charge < -0.3 is 9.84 Å². The van der Waals surface area contributed by atoms with Crippen molar-refractivity contribution in [1.29, 1.82) is 0 Å². The fraction of sp³-hybridized carbons (Fsp3) is 0.211. The summed E-state index contributed by atoms with van der Waals surface area (Å²) in [6, 6.07) is 13.8. The Kier molecular flexibility index (Phi) is 4.24. The largest absolute Gasteiger partial charge is 0.392 e. The fourth-order valence-corrected chi connectivity index (χ4v) is 3.13. The molecule has 0 saturated carbocycles. The van der Waals surface area contributed by atoms with Gasteiger partial charge in [0.2, 0.25) is 0 Å². The molecule has 2 aromatic heterocycles. The number of nitrogens with zero attached hydrogens (tertiary/aromatic N) is 5. The van der Waals surface area contributed by atoms with Gasteiger partial charge >= 0.3 is 0 Å². The molecule has 0 aliphatic rings. The van der Waals surface area contributed by atoms with Crippen LogP contribution in [0, 0.1) is 0 Å². The minimum atomic E-state index is -0.307. The van der Waals surface area contributed by atoms with E-state index in [-0.39, 0.29) is 12.7 Å². The second-order valence-corrected chi connectivity index (χ2v) is 6.05. The van der Waals surface area contributed by atoms with Gasteiger partial charge in [0, 0.05) is 19.8 Å². The SMILES string of the molecule is COC(c1cccc(-n2cnc3cc(CO)ccc32)c1)c1ncnn1C. The third kappa shape index (κ3) is 2.77. The zero-order chi connectivity index (χ0) is 18.1. The highest BCUT2D eigenvalue weighted by molar-refractivity contribution is 5.78. The number of methoxy groups -OCH3 is 1. The molecule has 7 nitrogen and oxygen atoms in total. The number of rotatable bonds is 5. The Hall–Kier alpha value is -3.03. The summed E-state index contributed by atoms with van der Waals surface area (Å²) in [7, 11) is 3.51. The van der Waals surface area contributed by atoms with Gasteiger partial charge in [-0.15, -0.1) is 0 Å². The fourth-order valence-electron chi connectivity index (χ4n) is 3.13. The lowest BCUT2D eigenvalue weighted by Gasteiger charge is -2.16. The van der Waals surface area contributed by atoms with E-state index in [0.29, 0.717) is 0 Å². The minimum Gasteiger partial charge on any atom is -0.392 e. The molecule has 2 heterocycles. The molecule has 132 valence electrons. The molecule has 1 atom stereocenters. The number of hydrogen-bond acceptors (Lipinski definition) is 5. The maximum atomic E-state index is 9.30. The van der Waals surface area contributed by atoms with E-state index in [9.17, 15) is 5.11 Å². The van der Waals surface area contributed by atoms with E-state index >= 15 is 0 Å². The first-order valence-electron chi connectivity index (χ1n) is 8.25. The molecular formula is C19H19N5O2. The van der Waals surface area contributed by atoms with Crippen molar-refractivity contribution in [1.82, 2.24) is 24.3 Å². The smallest absolute Gasteiger partial charge is 0.160 e. The number of aliphatic hydroxyl groups excluding tert-OH is 1. The third-order valence-electron chi connectivity index (χ3n) is 4.46. The highest BCUT2D eigenvalue weighted by Gasteiger charge is 2.19. The molecule has 4 rings (SSSR count). The number of aryl methyl sites for hydroxylation is 1. The Morgan fingerprint density at radius 2 is 2.04 bits per heavy atom. The van der Waals surface area contributed by atoms with Gasteiger partial charge in [0.05, 0.1) is 17.6 Å². The average Bonchev–Trinajstić information content (AvgIpc) is 3.28. The monoisotopic (exact) mass is 349 g/mol. The number of fused-ring (bicyclic) bond motifs is 1. The maximum Gasteiger partial charge on any atom is 0.160 e. The van der Waals surface area contributed by atoms with Crippen molar-refractivity contribution in [3.63, 3.8) is 0 Å². The van der Waals surface area contributed by atoms with Crippen LogP contribution in [-0.4, -0.2) is 36.5 Å². The third-order valence-corrected chi connectivity index (χ3v) is 4.46. The highest BCUT2D eigenvalue weighted by Crippen LogP contribution is 2.26. The minimum absolute atomic E-state index is 0.00546. The molecule has 0 radical (unpaired) electrons. The van der Waals surface area contributed by atoms with Crippen LogP contribution in [0.3, 0.4) is 0 Å². The standard InChI is InChI=1S/C19H19N5O2/c1-23-19(20-11-22-23)18(26-2)14-4-3-5-15(9-14)24-12-21-16-8-13(10-25)6-7-17(16)24/h3-9,11-12,18,25H,10H2,1-2H3. The summed E-state index contributed by atoms with van der Waals surface area (Å²) in [6.07, 6.45) is 3.00. The maximum absolute atomic E-state index is 9.30. The molecule has 0 fully saturated rings. The lowest BCUT2D eigenvalue weighted by Crippen LogP contribution is -2.11. The van der Waals surface area contributed by atoms with Gasteiger partial charge in [-0.05, 0) is 35.4 Å². The second-order valence-electron chi connectivity index (χ2n) is 6.05. The highest BCUT2D eigenvalue weighted by atomic mass is 16.5. The summed E-state index contributed by atoms with van der Waals surface area (Å²) in [5, 5.41) is 13.4. The summed E-state index contributed by atoms with van der Waals surface area (Å²) in [5.74, 6) is 0.743. The normalized spacial score (nSPS) is 12.6. The quantitative estimate of drug-likeness (QED) is 0.598. The molecule has 0 aliphatic heterocycles. The number of imidazole rings is 1. The molecule has 0 aliphatic carbocycles. The number of aromatic nitrogens is 5. The van der Waals surface area contributed by atoms with Crippen LogP contribution in [0.15, 0.2) is 55.1 Å². The van der Waals surface area contributed by atoms with Gasteiger partial charge in [-0.2, -0.15) is 5.10 Å². The predicted molar refractivity (Wildman–Crippen MR) is 96.8 cm³/mol. The van der Waals surface area contributed by atoms with Crippen LogP contribution in [-0.2, 0) is 18.4 Å². The molecule has 1 N–H and O–H groups in total. The van der Waals surface area contributed by atoms with E-state index in [1.54, 1.807) is 18.1 Å². The van der Waals surface area contributed by atoms with Gasteiger partial charge in [0.15, 0.2) is 5.82 Å². The molecule has 1 unspecified atom stereocenters. The topological polar surface area (TPSA) is 78.0 Å². The predicted octanol–water partition coefficient (Wildman–Crippen LogP) is 2.38. The van der Waals surface area contributed by atoms with Gasteiger partial charge in [-0.1, -0.05) is 18.2 Å². The van der Waals surface area contributed by atoms with Crippen molar-refractivity contribution in [3.8, 4) is 5.69 Å². The Balaban J connectivity index is 1.77. The van der Waals surface area contributed by atoms with Crippen molar-refractivity contribution in [2.45, 2.75) is 12.7 Å². The summed E-state index contributed by atoms with van der Waals surface area (Å²) in [5.41, 5.74) is 4.63. The molecule has 2 aromatic carbocycles. The zero-order valence-corrected chi connectivity index (χ0v) is 14.6.